The zero-order chi connectivity index (χ0) is 13.8. The second-order valence-electron chi connectivity index (χ2n) is 3.60. The number of methoxy groups -OCH3 is 1. The van der Waals surface area contributed by atoms with Crippen LogP contribution >= 0.6 is 0 Å². The fourth-order valence-corrected chi connectivity index (χ4v) is 1.92. The lowest BCUT2D eigenvalue weighted by atomic mass is 10.3. The maximum Gasteiger partial charge on any atom is 0.253 e. The fourth-order valence-electron chi connectivity index (χ4n) is 1.19. The first-order valence-electron chi connectivity index (χ1n) is 5.28. The van der Waals surface area contributed by atoms with E-state index in [1.165, 1.54) is 38.4 Å². The standard InChI is InChI=1S/C11H16N2O4S/c1-8(17-3)11(14)13-9-4-6-10(7-5-9)18(15,16)12-2/h4-8,12H,1-3H3,(H,13,14). The van der Waals surface area contributed by atoms with Crippen molar-refractivity contribution in [3.8, 4) is 0 Å². The van der Waals surface area contributed by atoms with E-state index in [4.69, 9.17) is 4.74 Å². The van der Waals surface area contributed by atoms with Crippen LogP contribution in [0.4, 0.5) is 5.69 Å². The summed E-state index contributed by atoms with van der Waals surface area (Å²) in [5.74, 6) is -0.290. The van der Waals surface area contributed by atoms with Crippen LogP contribution in [-0.4, -0.2) is 34.6 Å². The van der Waals surface area contributed by atoms with E-state index in [0.29, 0.717) is 5.69 Å². The number of carbonyl (C=O) groups excluding carboxylic acids is 1. The van der Waals surface area contributed by atoms with Crippen molar-refractivity contribution in [1.29, 1.82) is 0 Å². The second kappa shape index (κ2) is 5.94. The van der Waals surface area contributed by atoms with Gasteiger partial charge in [-0.15, -0.1) is 0 Å². The smallest absolute Gasteiger partial charge is 0.253 e. The summed E-state index contributed by atoms with van der Waals surface area (Å²) in [6.45, 7) is 1.62. The Labute approximate surface area is 106 Å². The average Bonchev–Trinajstić information content (AvgIpc) is 2.38. The van der Waals surface area contributed by atoms with Crippen molar-refractivity contribution in [3.63, 3.8) is 0 Å². The number of carbonyl (C=O) groups is 1. The molecule has 0 aliphatic rings. The topological polar surface area (TPSA) is 84.5 Å². The SMILES string of the molecule is CNS(=O)(=O)c1ccc(NC(=O)C(C)OC)cc1. The lowest BCUT2D eigenvalue weighted by Gasteiger charge is -2.10. The molecule has 1 unspecified atom stereocenters. The Morgan fingerprint density at radius 1 is 1.28 bits per heavy atom. The maximum atomic E-state index is 11.5. The van der Waals surface area contributed by atoms with Crippen molar-refractivity contribution in [1.82, 2.24) is 4.72 Å². The summed E-state index contributed by atoms with van der Waals surface area (Å²) in [7, 11) is -0.676. The predicted octanol–water partition coefficient (Wildman–Crippen LogP) is 0.568. The highest BCUT2D eigenvalue weighted by Gasteiger charge is 2.13. The van der Waals surface area contributed by atoms with Gasteiger partial charge in [0.05, 0.1) is 4.90 Å². The molecule has 1 amide bonds. The van der Waals surface area contributed by atoms with E-state index in [1.807, 2.05) is 0 Å². The van der Waals surface area contributed by atoms with E-state index in [9.17, 15) is 13.2 Å². The molecule has 100 valence electrons. The van der Waals surface area contributed by atoms with Crippen LogP contribution in [0.2, 0.25) is 0 Å². The minimum absolute atomic E-state index is 0.141. The highest BCUT2D eigenvalue weighted by molar-refractivity contribution is 7.89. The van der Waals surface area contributed by atoms with E-state index in [1.54, 1.807) is 6.92 Å². The number of amides is 1. The number of hydrogen-bond donors (Lipinski definition) is 2. The van der Waals surface area contributed by atoms with E-state index in [-0.39, 0.29) is 10.8 Å². The summed E-state index contributed by atoms with van der Waals surface area (Å²) in [5.41, 5.74) is 0.513. The maximum absolute atomic E-state index is 11.5. The highest BCUT2D eigenvalue weighted by Crippen LogP contribution is 2.14. The molecule has 0 aliphatic carbocycles. The van der Waals surface area contributed by atoms with Gasteiger partial charge in [-0.3, -0.25) is 4.79 Å². The molecule has 7 heteroatoms. The van der Waals surface area contributed by atoms with Gasteiger partial charge in [0, 0.05) is 12.8 Å². The molecule has 0 fully saturated rings. The zero-order valence-corrected chi connectivity index (χ0v) is 11.2. The van der Waals surface area contributed by atoms with Crippen LogP contribution in [0.3, 0.4) is 0 Å². The molecular weight excluding hydrogens is 256 g/mol. The Hall–Kier alpha value is -1.44. The van der Waals surface area contributed by atoms with Gasteiger partial charge in [-0.2, -0.15) is 0 Å². The first-order valence-corrected chi connectivity index (χ1v) is 6.76. The molecule has 1 rings (SSSR count). The Morgan fingerprint density at radius 2 is 1.83 bits per heavy atom. The largest absolute Gasteiger partial charge is 0.372 e. The number of hydrogen-bond acceptors (Lipinski definition) is 4. The first kappa shape index (κ1) is 14.6. The summed E-state index contributed by atoms with van der Waals surface area (Å²) in [6.07, 6.45) is -0.564. The summed E-state index contributed by atoms with van der Waals surface area (Å²) in [4.78, 5) is 11.7. The average molecular weight is 272 g/mol. The fraction of sp³-hybridized carbons (Fsp3) is 0.364. The molecule has 1 aromatic carbocycles. The van der Waals surface area contributed by atoms with Crippen LogP contribution in [0.15, 0.2) is 29.2 Å². The Kier molecular flexibility index (Phi) is 4.83. The summed E-state index contributed by atoms with van der Waals surface area (Å²) in [6, 6.07) is 5.87. The van der Waals surface area contributed by atoms with Crippen molar-refractivity contribution in [2.24, 2.45) is 0 Å². The molecule has 2 N–H and O–H groups in total. The normalized spacial score (nSPS) is 13.1. The molecular formula is C11H16N2O4S. The number of ether oxygens (including phenoxy) is 1. The highest BCUT2D eigenvalue weighted by atomic mass is 32.2. The van der Waals surface area contributed by atoms with Gasteiger partial charge < -0.3 is 10.1 Å². The van der Waals surface area contributed by atoms with Crippen molar-refractivity contribution in [2.75, 3.05) is 19.5 Å². The molecule has 18 heavy (non-hydrogen) atoms. The second-order valence-corrected chi connectivity index (χ2v) is 5.49. The minimum Gasteiger partial charge on any atom is -0.372 e. The Balaban J connectivity index is 2.82. The van der Waals surface area contributed by atoms with Crippen molar-refractivity contribution in [2.45, 2.75) is 17.9 Å². The van der Waals surface area contributed by atoms with Crippen LogP contribution < -0.4 is 10.0 Å². The first-order chi connectivity index (χ1) is 8.40. The molecule has 0 saturated heterocycles. The lowest BCUT2D eigenvalue weighted by Crippen LogP contribution is -2.26. The van der Waals surface area contributed by atoms with Gasteiger partial charge in [-0.1, -0.05) is 0 Å². The minimum atomic E-state index is -3.45. The molecule has 1 aromatic rings. The van der Waals surface area contributed by atoms with Crippen LogP contribution in [0.5, 0.6) is 0 Å². The van der Waals surface area contributed by atoms with Gasteiger partial charge in [-0.05, 0) is 38.2 Å². The molecule has 0 saturated carbocycles. The molecule has 0 spiro atoms. The van der Waals surface area contributed by atoms with E-state index in [0.717, 1.165) is 0 Å². The number of sulfonamides is 1. The monoisotopic (exact) mass is 272 g/mol. The summed E-state index contributed by atoms with van der Waals surface area (Å²) < 4.78 is 30.0. The lowest BCUT2D eigenvalue weighted by molar-refractivity contribution is -0.124. The Bertz CT molecular complexity index is 510. The van der Waals surface area contributed by atoms with Crippen molar-refractivity contribution < 1.29 is 17.9 Å². The third-order valence-electron chi connectivity index (χ3n) is 2.42. The van der Waals surface area contributed by atoms with Crippen molar-refractivity contribution >= 4 is 21.6 Å². The van der Waals surface area contributed by atoms with Gasteiger partial charge in [-0.25, -0.2) is 13.1 Å². The van der Waals surface area contributed by atoms with Crippen LogP contribution in [0.25, 0.3) is 0 Å². The molecule has 0 bridgehead atoms. The van der Waals surface area contributed by atoms with E-state index < -0.39 is 16.1 Å². The van der Waals surface area contributed by atoms with Gasteiger partial charge in [0.2, 0.25) is 10.0 Å². The van der Waals surface area contributed by atoms with Crippen molar-refractivity contribution in [3.05, 3.63) is 24.3 Å². The molecule has 0 radical (unpaired) electrons. The number of rotatable bonds is 5. The van der Waals surface area contributed by atoms with Gasteiger partial charge in [0.15, 0.2) is 0 Å². The molecule has 0 heterocycles. The predicted molar refractivity (Wildman–Crippen MR) is 67.8 cm³/mol. The van der Waals surface area contributed by atoms with Crippen LogP contribution in [0.1, 0.15) is 6.92 Å². The molecule has 1 atom stereocenters. The number of nitrogens with one attached hydrogen (secondary N) is 2. The van der Waals surface area contributed by atoms with Crippen LogP contribution in [-0.2, 0) is 19.6 Å². The molecule has 0 aromatic heterocycles. The third kappa shape index (κ3) is 3.52. The van der Waals surface area contributed by atoms with E-state index in [2.05, 4.69) is 10.0 Å². The third-order valence-corrected chi connectivity index (χ3v) is 3.85. The zero-order valence-electron chi connectivity index (χ0n) is 10.4. The van der Waals surface area contributed by atoms with Gasteiger partial charge in [0.1, 0.15) is 6.10 Å². The Morgan fingerprint density at radius 3 is 2.28 bits per heavy atom. The quantitative estimate of drug-likeness (QED) is 0.820. The molecule has 0 aliphatic heterocycles. The van der Waals surface area contributed by atoms with E-state index >= 15 is 0 Å². The molecule has 6 nitrogen and oxygen atoms in total. The van der Waals surface area contributed by atoms with Gasteiger partial charge in [0.25, 0.3) is 5.91 Å². The summed E-state index contributed by atoms with van der Waals surface area (Å²) >= 11 is 0. The van der Waals surface area contributed by atoms with Crippen LogP contribution in [0, 0.1) is 0 Å². The summed E-state index contributed by atoms with van der Waals surface area (Å²) in [5, 5.41) is 2.61. The van der Waals surface area contributed by atoms with Gasteiger partial charge >= 0.3 is 0 Å². The number of benzene rings is 1. The number of anilines is 1.